The number of aromatic nitrogens is 4. The second kappa shape index (κ2) is 3.90. The molecule has 0 radical (unpaired) electrons. The van der Waals surface area contributed by atoms with Crippen molar-refractivity contribution in [1.29, 1.82) is 0 Å². The zero-order valence-electron chi connectivity index (χ0n) is 9.27. The fourth-order valence-electron chi connectivity index (χ4n) is 1.81. The van der Waals surface area contributed by atoms with Gasteiger partial charge in [-0.1, -0.05) is 16.6 Å². The third kappa shape index (κ3) is 1.62. The van der Waals surface area contributed by atoms with Crippen LogP contribution in [0.5, 0.6) is 0 Å². The molecule has 3 rings (SSSR count). The zero-order chi connectivity index (χ0) is 11.8. The number of aryl methyl sites for hydroxylation is 1. The predicted octanol–water partition coefficient (Wildman–Crippen LogP) is 1.85. The summed E-state index contributed by atoms with van der Waals surface area (Å²) in [5.41, 5.74) is 9.56. The molecule has 0 amide bonds. The number of imidazole rings is 1. The molecule has 86 valence electrons. The van der Waals surface area contributed by atoms with Gasteiger partial charge < -0.3 is 10.7 Å². The normalized spacial score (nSPS) is 11.2. The van der Waals surface area contributed by atoms with Crippen LogP contribution >= 0.6 is 11.5 Å². The number of benzene rings is 1. The molecule has 0 aliphatic heterocycles. The van der Waals surface area contributed by atoms with Crippen molar-refractivity contribution in [2.75, 3.05) is 0 Å². The molecule has 6 heteroatoms. The fraction of sp³-hybridized carbons (Fsp3) is 0.182. The molecular formula is C11H11N5S. The van der Waals surface area contributed by atoms with Gasteiger partial charge >= 0.3 is 0 Å². The molecule has 3 aromatic rings. The van der Waals surface area contributed by atoms with E-state index in [1.165, 1.54) is 11.5 Å². The van der Waals surface area contributed by atoms with Crippen LogP contribution in [0.4, 0.5) is 0 Å². The van der Waals surface area contributed by atoms with E-state index in [1.54, 1.807) is 0 Å². The van der Waals surface area contributed by atoms with E-state index in [0.717, 1.165) is 33.0 Å². The van der Waals surface area contributed by atoms with Crippen molar-refractivity contribution in [3.63, 3.8) is 0 Å². The maximum absolute atomic E-state index is 5.70. The van der Waals surface area contributed by atoms with Crippen molar-refractivity contribution < 1.29 is 0 Å². The van der Waals surface area contributed by atoms with Gasteiger partial charge in [0.1, 0.15) is 4.88 Å². The van der Waals surface area contributed by atoms with Crippen LogP contribution in [0.15, 0.2) is 18.2 Å². The molecule has 0 aliphatic carbocycles. The fourth-order valence-corrected chi connectivity index (χ4v) is 2.41. The average Bonchev–Trinajstić information content (AvgIpc) is 2.93. The molecule has 0 saturated carbocycles. The topological polar surface area (TPSA) is 80.5 Å². The Morgan fingerprint density at radius 3 is 3.00 bits per heavy atom. The standard InChI is InChI=1S/C11H11N5S/c1-6-10(17-16-15-6)11-13-8-4-2-3-7(5-12)9(8)14-11/h2-4H,5,12H2,1H3,(H,13,14). The van der Waals surface area contributed by atoms with Crippen LogP contribution in [0.25, 0.3) is 21.7 Å². The largest absolute Gasteiger partial charge is 0.337 e. The molecule has 2 aromatic heterocycles. The lowest BCUT2D eigenvalue weighted by molar-refractivity contribution is 1.08. The first-order valence-electron chi connectivity index (χ1n) is 5.26. The third-order valence-corrected chi connectivity index (χ3v) is 3.52. The van der Waals surface area contributed by atoms with Crippen LogP contribution in [0.2, 0.25) is 0 Å². The predicted molar refractivity (Wildman–Crippen MR) is 67.6 cm³/mol. The Labute approximate surface area is 102 Å². The van der Waals surface area contributed by atoms with Crippen molar-refractivity contribution in [3.05, 3.63) is 29.5 Å². The zero-order valence-corrected chi connectivity index (χ0v) is 10.1. The van der Waals surface area contributed by atoms with Crippen molar-refractivity contribution >= 4 is 22.6 Å². The van der Waals surface area contributed by atoms with Crippen molar-refractivity contribution in [2.24, 2.45) is 5.73 Å². The molecule has 5 nitrogen and oxygen atoms in total. The number of aromatic amines is 1. The van der Waals surface area contributed by atoms with E-state index >= 15 is 0 Å². The Hall–Kier alpha value is -1.79. The third-order valence-electron chi connectivity index (χ3n) is 2.68. The first kappa shape index (κ1) is 10.4. The second-order valence-electron chi connectivity index (χ2n) is 3.79. The minimum atomic E-state index is 0.488. The van der Waals surface area contributed by atoms with Crippen LogP contribution in [-0.2, 0) is 6.54 Å². The smallest absolute Gasteiger partial charge is 0.152 e. The average molecular weight is 245 g/mol. The van der Waals surface area contributed by atoms with Crippen LogP contribution < -0.4 is 5.73 Å². The van der Waals surface area contributed by atoms with E-state index in [9.17, 15) is 0 Å². The highest BCUT2D eigenvalue weighted by molar-refractivity contribution is 7.09. The summed E-state index contributed by atoms with van der Waals surface area (Å²) in [6.45, 7) is 2.41. The van der Waals surface area contributed by atoms with Crippen LogP contribution in [-0.4, -0.2) is 19.6 Å². The van der Waals surface area contributed by atoms with Gasteiger partial charge in [-0.05, 0) is 30.1 Å². The molecule has 17 heavy (non-hydrogen) atoms. The highest BCUT2D eigenvalue weighted by Crippen LogP contribution is 2.26. The van der Waals surface area contributed by atoms with Gasteiger partial charge in [-0.25, -0.2) is 4.98 Å². The van der Waals surface area contributed by atoms with Crippen molar-refractivity contribution in [1.82, 2.24) is 19.6 Å². The number of nitrogens with zero attached hydrogens (tertiary/aromatic N) is 3. The summed E-state index contributed by atoms with van der Waals surface area (Å²) in [7, 11) is 0. The minimum absolute atomic E-state index is 0.488. The van der Waals surface area contributed by atoms with Gasteiger partial charge in [0, 0.05) is 6.54 Å². The summed E-state index contributed by atoms with van der Waals surface area (Å²) in [5, 5.41) is 3.99. The number of para-hydroxylation sites is 1. The van der Waals surface area contributed by atoms with Gasteiger partial charge in [-0.2, -0.15) is 0 Å². The molecule has 2 heterocycles. The van der Waals surface area contributed by atoms with E-state index in [0.29, 0.717) is 6.54 Å². The van der Waals surface area contributed by atoms with E-state index < -0.39 is 0 Å². The summed E-state index contributed by atoms with van der Waals surface area (Å²) < 4.78 is 3.92. The first-order chi connectivity index (χ1) is 8.29. The number of nitrogens with one attached hydrogen (secondary N) is 1. The summed E-state index contributed by atoms with van der Waals surface area (Å²) in [6.07, 6.45) is 0. The van der Waals surface area contributed by atoms with Gasteiger partial charge in [-0.15, -0.1) is 5.10 Å². The Morgan fingerprint density at radius 1 is 1.41 bits per heavy atom. The molecule has 0 unspecified atom stereocenters. The molecule has 3 N–H and O–H groups in total. The number of fused-ring (bicyclic) bond motifs is 1. The Balaban J connectivity index is 2.24. The minimum Gasteiger partial charge on any atom is -0.337 e. The lowest BCUT2D eigenvalue weighted by Gasteiger charge is -1.95. The Bertz CT molecular complexity index is 669. The first-order valence-corrected chi connectivity index (χ1v) is 6.04. The summed E-state index contributed by atoms with van der Waals surface area (Å²) in [4.78, 5) is 8.84. The molecule has 0 atom stereocenters. The van der Waals surface area contributed by atoms with Crippen molar-refractivity contribution in [2.45, 2.75) is 13.5 Å². The molecule has 1 aromatic carbocycles. The summed E-state index contributed by atoms with van der Waals surface area (Å²) >= 11 is 1.35. The Kier molecular flexibility index (Phi) is 2.38. The van der Waals surface area contributed by atoms with Gasteiger partial charge in [0.2, 0.25) is 0 Å². The monoisotopic (exact) mass is 245 g/mol. The highest BCUT2D eigenvalue weighted by Gasteiger charge is 2.12. The number of H-pyrrole nitrogens is 1. The summed E-state index contributed by atoms with van der Waals surface area (Å²) in [6, 6.07) is 5.96. The summed E-state index contributed by atoms with van der Waals surface area (Å²) in [5.74, 6) is 0.813. The van der Waals surface area contributed by atoms with Crippen LogP contribution in [0.3, 0.4) is 0 Å². The molecule has 0 saturated heterocycles. The molecule has 0 spiro atoms. The molecular weight excluding hydrogens is 234 g/mol. The maximum atomic E-state index is 5.70. The number of hydrogen-bond donors (Lipinski definition) is 2. The SMILES string of the molecule is Cc1nnsc1-c1nc2c(CN)cccc2[nH]1. The van der Waals surface area contributed by atoms with Crippen molar-refractivity contribution in [3.8, 4) is 10.7 Å². The van der Waals surface area contributed by atoms with Crippen LogP contribution in [0, 0.1) is 6.92 Å². The van der Waals surface area contributed by atoms with Gasteiger partial charge in [0.15, 0.2) is 5.82 Å². The van der Waals surface area contributed by atoms with Gasteiger partial charge in [0.25, 0.3) is 0 Å². The van der Waals surface area contributed by atoms with Crippen LogP contribution in [0.1, 0.15) is 11.3 Å². The van der Waals surface area contributed by atoms with E-state index in [4.69, 9.17) is 5.73 Å². The van der Waals surface area contributed by atoms with E-state index in [2.05, 4.69) is 19.6 Å². The highest BCUT2D eigenvalue weighted by atomic mass is 32.1. The lowest BCUT2D eigenvalue weighted by atomic mass is 10.2. The second-order valence-corrected chi connectivity index (χ2v) is 4.54. The Morgan fingerprint density at radius 2 is 2.29 bits per heavy atom. The number of hydrogen-bond acceptors (Lipinski definition) is 5. The molecule has 0 fully saturated rings. The molecule has 0 bridgehead atoms. The van der Waals surface area contributed by atoms with E-state index in [-0.39, 0.29) is 0 Å². The number of nitrogens with two attached hydrogens (primary N) is 1. The van der Waals surface area contributed by atoms with Gasteiger partial charge in [-0.3, -0.25) is 0 Å². The number of rotatable bonds is 2. The lowest BCUT2D eigenvalue weighted by Crippen LogP contribution is -1.96. The molecule has 0 aliphatic rings. The van der Waals surface area contributed by atoms with E-state index in [1.807, 2.05) is 25.1 Å². The van der Waals surface area contributed by atoms with Gasteiger partial charge in [0.05, 0.1) is 16.7 Å². The quantitative estimate of drug-likeness (QED) is 0.722. The maximum Gasteiger partial charge on any atom is 0.152 e.